The van der Waals surface area contributed by atoms with Crippen LogP contribution >= 0.6 is 11.3 Å². The van der Waals surface area contributed by atoms with E-state index >= 15 is 0 Å². The highest BCUT2D eigenvalue weighted by Crippen LogP contribution is 2.25. The fourth-order valence-electron chi connectivity index (χ4n) is 2.21. The summed E-state index contributed by atoms with van der Waals surface area (Å²) in [6, 6.07) is 12.7. The van der Waals surface area contributed by atoms with Crippen molar-refractivity contribution in [3.8, 4) is 5.75 Å². The second kappa shape index (κ2) is 6.66. The molecule has 2 amide bonds. The van der Waals surface area contributed by atoms with Gasteiger partial charge in [0.1, 0.15) is 5.75 Å². The first kappa shape index (κ1) is 15.3. The van der Waals surface area contributed by atoms with E-state index in [1.54, 1.807) is 23.5 Å². The summed E-state index contributed by atoms with van der Waals surface area (Å²) in [6.07, 6.45) is 0. The topological polar surface area (TPSA) is 63.2 Å². The van der Waals surface area contributed by atoms with E-state index in [-0.39, 0.29) is 6.03 Å². The molecule has 2 N–H and O–H groups in total. The highest BCUT2D eigenvalue weighted by molar-refractivity contribution is 7.18. The molecule has 23 heavy (non-hydrogen) atoms. The summed E-state index contributed by atoms with van der Waals surface area (Å²) in [6.45, 7) is 4.52. The molecule has 3 aromatic rings. The third kappa shape index (κ3) is 3.78. The monoisotopic (exact) mass is 327 g/mol. The summed E-state index contributed by atoms with van der Waals surface area (Å²) in [7, 11) is 0. The number of aromatic nitrogens is 1. The van der Waals surface area contributed by atoms with Gasteiger partial charge in [0.2, 0.25) is 0 Å². The van der Waals surface area contributed by atoms with Gasteiger partial charge in [0, 0.05) is 11.4 Å². The molecular formula is C17H17N3O2S. The Bertz CT molecular complexity index is 827. The van der Waals surface area contributed by atoms with Gasteiger partial charge in [-0.15, -0.1) is 11.3 Å². The Balaban J connectivity index is 1.65. The lowest BCUT2D eigenvalue weighted by atomic mass is 10.3. The van der Waals surface area contributed by atoms with Crippen LogP contribution in [0.15, 0.2) is 42.5 Å². The molecule has 6 heteroatoms. The highest BCUT2D eigenvalue weighted by Gasteiger charge is 2.06. The summed E-state index contributed by atoms with van der Waals surface area (Å²) in [5.74, 6) is 0.782. The predicted octanol–water partition coefficient (Wildman–Crippen LogP) is 4.65. The summed E-state index contributed by atoms with van der Waals surface area (Å²) in [5.41, 5.74) is 2.40. The molecule has 5 nitrogen and oxygen atoms in total. The number of fused-ring (bicyclic) bond motifs is 1. The van der Waals surface area contributed by atoms with Gasteiger partial charge in [-0.25, -0.2) is 9.78 Å². The molecule has 118 valence electrons. The number of hydrogen-bond acceptors (Lipinski definition) is 4. The predicted molar refractivity (Wildman–Crippen MR) is 94.6 cm³/mol. The molecule has 0 aliphatic heterocycles. The Morgan fingerprint density at radius 2 is 1.83 bits per heavy atom. The van der Waals surface area contributed by atoms with Crippen molar-refractivity contribution in [1.29, 1.82) is 0 Å². The van der Waals surface area contributed by atoms with Crippen molar-refractivity contribution in [2.75, 3.05) is 17.2 Å². The summed E-state index contributed by atoms with van der Waals surface area (Å²) >= 11 is 1.61. The molecule has 3 rings (SSSR count). The van der Waals surface area contributed by atoms with Crippen molar-refractivity contribution in [3.63, 3.8) is 0 Å². The molecule has 0 bridgehead atoms. The molecule has 0 aliphatic rings. The normalized spacial score (nSPS) is 10.5. The van der Waals surface area contributed by atoms with E-state index in [2.05, 4.69) is 15.6 Å². The van der Waals surface area contributed by atoms with Gasteiger partial charge in [-0.2, -0.15) is 0 Å². The van der Waals surface area contributed by atoms with Crippen molar-refractivity contribution in [2.24, 2.45) is 0 Å². The van der Waals surface area contributed by atoms with Gasteiger partial charge in [0.15, 0.2) is 0 Å². The standard InChI is InChI=1S/C17H17N3O2S/c1-3-22-14-7-4-12(5-8-14)19-17(21)20-13-6-9-15-16(10-13)23-11(2)18-15/h4-10H,3H2,1-2H3,(H2,19,20,21). The van der Waals surface area contributed by atoms with Crippen LogP contribution in [0.1, 0.15) is 11.9 Å². The molecule has 0 unspecified atom stereocenters. The Morgan fingerprint density at radius 3 is 2.57 bits per heavy atom. The second-order valence-corrected chi connectivity index (χ2v) is 6.19. The zero-order valence-corrected chi connectivity index (χ0v) is 13.7. The molecule has 0 fully saturated rings. The van der Waals surface area contributed by atoms with Crippen LogP contribution in [-0.4, -0.2) is 17.6 Å². The maximum absolute atomic E-state index is 12.1. The van der Waals surface area contributed by atoms with Crippen LogP contribution in [0.5, 0.6) is 5.75 Å². The van der Waals surface area contributed by atoms with Crippen LogP contribution in [0.3, 0.4) is 0 Å². The Kier molecular flexibility index (Phi) is 4.43. The Labute approximate surface area is 138 Å². The number of benzene rings is 2. The van der Waals surface area contributed by atoms with Crippen molar-refractivity contribution in [3.05, 3.63) is 47.5 Å². The SMILES string of the molecule is CCOc1ccc(NC(=O)Nc2ccc3nc(C)sc3c2)cc1. The first-order chi connectivity index (χ1) is 11.1. The van der Waals surface area contributed by atoms with E-state index in [1.807, 2.05) is 44.2 Å². The molecule has 0 atom stereocenters. The number of urea groups is 1. The highest BCUT2D eigenvalue weighted by atomic mass is 32.1. The van der Waals surface area contributed by atoms with Crippen LogP contribution in [0.25, 0.3) is 10.2 Å². The second-order valence-electron chi connectivity index (χ2n) is 4.95. The number of nitrogens with one attached hydrogen (secondary N) is 2. The third-order valence-corrected chi connectivity index (χ3v) is 4.11. The van der Waals surface area contributed by atoms with Gasteiger partial charge in [-0.05, 0) is 56.3 Å². The largest absolute Gasteiger partial charge is 0.494 e. The van der Waals surface area contributed by atoms with Crippen LogP contribution < -0.4 is 15.4 Å². The van der Waals surface area contributed by atoms with Gasteiger partial charge >= 0.3 is 6.03 Å². The van der Waals surface area contributed by atoms with E-state index in [9.17, 15) is 4.79 Å². The molecule has 0 spiro atoms. The number of thiazole rings is 1. The minimum absolute atomic E-state index is 0.283. The van der Waals surface area contributed by atoms with E-state index in [4.69, 9.17) is 4.74 Å². The van der Waals surface area contributed by atoms with Gasteiger partial charge in [-0.1, -0.05) is 0 Å². The van der Waals surface area contributed by atoms with Crippen LogP contribution in [0.4, 0.5) is 16.2 Å². The maximum Gasteiger partial charge on any atom is 0.323 e. The molecular weight excluding hydrogens is 310 g/mol. The molecule has 1 heterocycles. The number of carbonyl (C=O) groups excluding carboxylic acids is 1. The summed E-state index contributed by atoms with van der Waals surface area (Å²) < 4.78 is 6.43. The fourth-order valence-corrected chi connectivity index (χ4v) is 3.08. The minimum Gasteiger partial charge on any atom is -0.494 e. The van der Waals surface area contributed by atoms with E-state index in [1.165, 1.54) is 0 Å². The number of hydrogen-bond donors (Lipinski definition) is 2. The van der Waals surface area contributed by atoms with Crippen molar-refractivity contribution < 1.29 is 9.53 Å². The number of carbonyl (C=O) groups is 1. The molecule has 1 aromatic heterocycles. The lowest BCUT2D eigenvalue weighted by molar-refractivity contribution is 0.262. The van der Waals surface area contributed by atoms with E-state index in [0.717, 1.165) is 26.7 Å². The number of aryl methyl sites for hydroxylation is 1. The number of anilines is 2. The average molecular weight is 327 g/mol. The van der Waals surface area contributed by atoms with E-state index < -0.39 is 0 Å². The number of rotatable bonds is 4. The van der Waals surface area contributed by atoms with Crippen LogP contribution in [-0.2, 0) is 0 Å². The van der Waals surface area contributed by atoms with Crippen molar-refractivity contribution in [1.82, 2.24) is 4.98 Å². The zero-order valence-electron chi connectivity index (χ0n) is 12.9. The third-order valence-electron chi connectivity index (χ3n) is 3.18. The molecule has 0 aliphatic carbocycles. The van der Waals surface area contributed by atoms with Crippen molar-refractivity contribution >= 4 is 39.0 Å². The minimum atomic E-state index is -0.283. The average Bonchev–Trinajstić information content (AvgIpc) is 2.89. The number of ether oxygens (including phenoxy) is 1. The van der Waals surface area contributed by atoms with Gasteiger partial charge in [0.25, 0.3) is 0 Å². The number of amides is 2. The first-order valence-corrected chi connectivity index (χ1v) is 8.14. The number of nitrogens with zero attached hydrogens (tertiary/aromatic N) is 1. The van der Waals surface area contributed by atoms with E-state index in [0.29, 0.717) is 12.3 Å². The van der Waals surface area contributed by atoms with Crippen LogP contribution in [0, 0.1) is 6.92 Å². The fraction of sp³-hybridized carbons (Fsp3) is 0.176. The maximum atomic E-state index is 12.1. The zero-order chi connectivity index (χ0) is 16.2. The Morgan fingerprint density at radius 1 is 1.13 bits per heavy atom. The molecule has 0 saturated carbocycles. The molecule has 0 saturated heterocycles. The summed E-state index contributed by atoms with van der Waals surface area (Å²) in [4.78, 5) is 16.5. The lowest BCUT2D eigenvalue weighted by Crippen LogP contribution is -2.19. The van der Waals surface area contributed by atoms with Crippen molar-refractivity contribution in [2.45, 2.75) is 13.8 Å². The quantitative estimate of drug-likeness (QED) is 0.733. The smallest absolute Gasteiger partial charge is 0.323 e. The molecule has 0 radical (unpaired) electrons. The van der Waals surface area contributed by atoms with Gasteiger partial charge < -0.3 is 15.4 Å². The Hall–Kier alpha value is -2.60. The first-order valence-electron chi connectivity index (χ1n) is 7.32. The van der Waals surface area contributed by atoms with Crippen LogP contribution in [0.2, 0.25) is 0 Å². The summed E-state index contributed by atoms with van der Waals surface area (Å²) in [5, 5.41) is 6.63. The lowest BCUT2D eigenvalue weighted by Gasteiger charge is -2.08. The van der Waals surface area contributed by atoms with Gasteiger partial charge in [-0.3, -0.25) is 0 Å². The molecule has 2 aromatic carbocycles. The van der Waals surface area contributed by atoms with Gasteiger partial charge in [0.05, 0.1) is 21.8 Å².